The maximum atomic E-state index is 11.2. The molecular formula is C11H22O. The first kappa shape index (κ1) is 11.7. The van der Waals surface area contributed by atoms with Crippen LogP contribution >= 0.6 is 0 Å². The zero-order valence-corrected chi connectivity index (χ0v) is 9.05. The molecule has 0 saturated heterocycles. The normalized spacial score (nSPS) is 11.7. The lowest BCUT2D eigenvalue weighted by molar-refractivity contribution is -0.120. The van der Waals surface area contributed by atoms with Crippen molar-refractivity contribution in [2.45, 2.75) is 47.5 Å². The lowest BCUT2D eigenvalue weighted by atomic mass is 9.81. The molecule has 0 saturated carbocycles. The van der Waals surface area contributed by atoms with Crippen molar-refractivity contribution in [1.82, 2.24) is 0 Å². The van der Waals surface area contributed by atoms with Gasteiger partial charge in [0.1, 0.15) is 5.78 Å². The molecule has 0 aliphatic heterocycles. The maximum Gasteiger partial charge on any atom is 0.132 e. The van der Waals surface area contributed by atoms with Gasteiger partial charge in [0.15, 0.2) is 0 Å². The Kier molecular flexibility index (Phi) is 5.19. The van der Waals surface area contributed by atoms with E-state index in [9.17, 15) is 4.79 Å². The number of carbonyl (C=O) groups excluding carboxylic acids is 1. The van der Waals surface area contributed by atoms with Gasteiger partial charge < -0.3 is 0 Å². The van der Waals surface area contributed by atoms with Gasteiger partial charge in [-0.05, 0) is 17.8 Å². The molecule has 0 aromatic heterocycles. The predicted molar refractivity (Wildman–Crippen MR) is 53.1 cm³/mol. The highest BCUT2D eigenvalue weighted by atomic mass is 16.1. The molecule has 0 aliphatic carbocycles. The van der Waals surface area contributed by atoms with Crippen LogP contribution in [0.2, 0.25) is 0 Å². The fraction of sp³-hybridized carbons (Fsp3) is 0.909. The Morgan fingerprint density at radius 1 is 1.08 bits per heavy atom. The van der Waals surface area contributed by atoms with Crippen molar-refractivity contribution in [3.05, 3.63) is 0 Å². The molecule has 0 aromatic rings. The third kappa shape index (κ3) is 3.89. The molecule has 0 bridgehead atoms. The molecule has 0 heterocycles. The van der Waals surface area contributed by atoms with Crippen molar-refractivity contribution < 1.29 is 4.79 Å². The highest BCUT2D eigenvalue weighted by molar-refractivity contribution is 5.78. The Morgan fingerprint density at radius 3 is 1.75 bits per heavy atom. The average Bonchev–Trinajstić information content (AvgIpc) is 1.98. The van der Waals surface area contributed by atoms with E-state index in [0.717, 1.165) is 6.42 Å². The molecule has 12 heavy (non-hydrogen) atoms. The fourth-order valence-corrected chi connectivity index (χ4v) is 1.65. The van der Waals surface area contributed by atoms with Crippen LogP contribution in [0.3, 0.4) is 0 Å². The van der Waals surface area contributed by atoms with Gasteiger partial charge in [0.2, 0.25) is 0 Å². The standard InChI is InChI=1S/C11H22O/c1-6-10(12)7-11(8(2)3)9(4)5/h8-9,11H,6-7H2,1-5H3. The molecule has 1 nitrogen and oxygen atoms in total. The Labute approximate surface area is 76.6 Å². The second kappa shape index (κ2) is 5.34. The Balaban J connectivity index is 4.05. The lowest BCUT2D eigenvalue weighted by Gasteiger charge is -2.23. The number of ketones is 1. The predicted octanol–water partition coefficient (Wildman–Crippen LogP) is 3.28. The van der Waals surface area contributed by atoms with Gasteiger partial charge in [-0.3, -0.25) is 4.79 Å². The van der Waals surface area contributed by atoms with Crippen molar-refractivity contribution in [3.63, 3.8) is 0 Å². The molecule has 0 N–H and O–H groups in total. The van der Waals surface area contributed by atoms with Crippen molar-refractivity contribution in [3.8, 4) is 0 Å². The first-order chi connectivity index (χ1) is 5.49. The third-order valence-corrected chi connectivity index (χ3v) is 2.57. The molecule has 72 valence electrons. The van der Waals surface area contributed by atoms with Gasteiger partial charge in [0.25, 0.3) is 0 Å². The molecule has 0 spiro atoms. The summed E-state index contributed by atoms with van der Waals surface area (Å²) < 4.78 is 0. The second-order valence-electron chi connectivity index (χ2n) is 4.25. The maximum absolute atomic E-state index is 11.2. The van der Waals surface area contributed by atoms with Gasteiger partial charge >= 0.3 is 0 Å². The highest BCUT2D eigenvalue weighted by Crippen LogP contribution is 2.24. The van der Waals surface area contributed by atoms with E-state index in [2.05, 4.69) is 27.7 Å². The van der Waals surface area contributed by atoms with E-state index in [1.54, 1.807) is 0 Å². The summed E-state index contributed by atoms with van der Waals surface area (Å²) in [7, 11) is 0. The van der Waals surface area contributed by atoms with E-state index in [0.29, 0.717) is 30.0 Å². The summed E-state index contributed by atoms with van der Waals surface area (Å²) in [6.45, 7) is 10.8. The van der Waals surface area contributed by atoms with Crippen LogP contribution in [-0.4, -0.2) is 5.78 Å². The summed E-state index contributed by atoms with van der Waals surface area (Å²) in [6.07, 6.45) is 1.46. The fourth-order valence-electron chi connectivity index (χ4n) is 1.65. The molecule has 1 heteroatoms. The van der Waals surface area contributed by atoms with Crippen LogP contribution in [0.5, 0.6) is 0 Å². The minimum Gasteiger partial charge on any atom is -0.300 e. The van der Waals surface area contributed by atoms with E-state index < -0.39 is 0 Å². The molecular weight excluding hydrogens is 148 g/mol. The van der Waals surface area contributed by atoms with Crippen LogP contribution in [0.25, 0.3) is 0 Å². The van der Waals surface area contributed by atoms with Gasteiger partial charge in [-0.1, -0.05) is 34.6 Å². The van der Waals surface area contributed by atoms with Crippen LogP contribution in [0.15, 0.2) is 0 Å². The van der Waals surface area contributed by atoms with Gasteiger partial charge in [0.05, 0.1) is 0 Å². The molecule has 0 radical (unpaired) electrons. The molecule has 0 rings (SSSR count). The SMILES string of the molecule is CCC(=O)CC(C(C)C)C(C)C. The summed E-state index contributed by atoms with van der Waals surface area (Å²) in [5.41, 5.74) is 0. The average molecular weight is 170 g/mol. The van der Waals surface area contributed by atoms with E-state index in [1.165, 1.54) is 0 Å². The Morgan fingerprint density at radius 2 is 1.50 bits per heavy atom. The van der Waals surface area contributed by atoms with Crippen molar-refractivity contribution >= 4 is 5.78 Å². The van der Waals surface area contributed by atoms with Crippen LogP contribution in [0.1, 0.15) is 47.5 Å². The van der Waals surface area contributed by atoms with Crippen LogP contribution in [0, 0.1) is 17.8 Å². The largest absolute Gasteiger partial charge is 0.300 e. The minimum atomic E-state index is 0.405. The van der Waals surface area contributed by atoms with E-state index in [1.807, 2.05) is 6.92 Å². The molecule has 0 unspecified atom stereocenters. The van der Waals surface area contributed by atoms with Gasteiger partial charge in [-0.15, -0.1) is 0 Å². The number of rotatable bonds is 5. The molecule has 0 aliphatic rings. The molecule has 0 amide bonds. The first-order valence-electron chi connectivity index (χ1n) is 5.00. The lowest BCUT2D eigenvalue weighted by Crippen LogP contribution is -2.19. The number of hydrogen-bond donors (Lipinski definition) is 0. The molecule has 0 atom stereocenters. The number of carbonyl (C=O) groups is 1. The van der Waals surface area contributed by atoms with E-state index in [-0.39, 0.29) is 0 Å². The zero-order chi connectivity index (χ0) is 9.72. The minimum absolute atomic E-state index is 0.405. The van der Waals surface area contributed by atoms with Gasteiger partial charge in [-0.2, -0.15) is 0 Å². The van der Waals surface area contributed by atoms with Crippen molar-refractivity contribution in [2.24, 2.45) is 17.8 Å². The second-order valence-corrected chi connectivity index (χ2v) is 4.25. The monoisotopic (exact) mass is 170 g/mol. The number of hydrogen-bond acceptors (Lipinski definition) is 1. The quantitative estimate of drug-likeness (QED) is 0.619. The summed E-state index contributed by atoms with van der Waals surface area (Å²) >= 11 is 0. The summed E-state index contributed by atoms with van der Waals surface area (Å²) in [5, 5.41) is 0. The van der Waals surface area contributed by atoms with E-state index >= 15 is 0 Å². The molecule has 0 aromatic carbocycles. The van der Waals surface area contributed by atoms with Crippen molar-refractivity contribution in [2.75, 3.05) is 0 Å². The van der Waals surface area contributed by atoms with Crippen LogP contribution in [-0.2, 0) is 4.79 Å². The summed E-state index contributed by atoms with van der Waals surface area (Å²) in [5.74, 6) is 2.22. The van der Waals surface area contributed by atoms with Gasteiger partial charge in [0, 0.05) is 12.8 Å². The summed E-state index contributed by atoms with van der Waals surface area (Å²) in [4.78, 5) is 11.2. The van der Waals surface area contributed by atoms with Crippen molar-refractivity contribution in [1.29, 1.82) is 0 Å². The van der Waals surface area contributed by atoms with Gasteiger partial charge in [-0.25, -0.2) is 0 Å². The number of Topliss-reactive ketones (excluding diaryl/α,β-unsaturated/α-hetero) is 1. The topological polar surface area (TPSA) is 17.1 Å². The zero-order valence-electron chi connectivity index (χ0n) is 9.05. The first-order valence-corrected chi connectivity index (χ1v) is 5.00. The van der Waals surface area contributed by atoms with Crippen LogP contribution in [0.4, 0.5) is 0 Å². The smallest absolute Gasteiger partial charge is 0.132 e. The Bertz CT molecular complexity index is 128. The molecule has 0 fully saturated rings. The highest BCUT2D eigenvalue weighted by Gasteiger charge is 2.19. The van der Waals surface area contributed by atoms with Crippen LogP contribution < -0.4 is 0 Å². The van der Waals surface area contributed by atoms with E-state index in [4.69, 9.17) is 0 Å². The third-order valence-electron chi connectivity index (χ3n) is 2.57. The summed E-state index contributed by atoms with van der Waals surface area (Å²) in [6, 6.07) is 0. The Hall–Kier alpha value is -0.330.